The van der Waals surface area contributed by atoms with Crippen LogP contribution in [0.2, 0.25) is 0 Å². The molecule has 0 atom stereocenters. The third kappa shape index (κ3) is 3.22. The van der Waals surface area contributed by atoms with Crippen LogP contribution in [-0.4, -0.2) is 18.2 Å². The van der Waals surface area contributed by atoms with Crippen molar-refractivity contribution in [2.75, 3.05) is 11.9 Å². The maximum absolute atomic E-state index is 11.0. The van der Waals surface area contributed by atoms with E-state index < -0.39 is 6.09 Å². The second-order valence-electron chi connectivity index (χ2n) is 5.01. The van der Waals surface area contributed by atoms with E-state index in [4.69, 9.17) is 5.11 Å². The van der Waals surface area contributed by atoms with Gasteiger partial charge in [0.2, 0.25) is 0 Å². The molecule has 0 heterocycles. The Bertz CT molecular complexity index is 384. The van der Waals surface area contributed by atoms with Gasteiger partial charge in [0.1, 0.15) is 0 Å². The van der Waals surface area contributed by atoms with Gasteiger partial charge in [0.25, 0.3) is 0 Å². The highest BCUT2D eigenvalue weighted by Crippen LogP contribution is 2.27. The van der Waals surface area contributed by atoms with E-state index in [2.05, 4.69) is 33.8 Å². The summed E-state index contributed by atoms with van der Waals surface area (Å²) in [6.45, 7) is 8.46. The molecule has 0 fully saturated rings. The number of carbonyl (C=O) groups is 1. The van der Waals surface area contributed by atoms with E-state index in [1.807, 2.05) is 12.1 Å². The lowest BCUT2D eigenvalue weighted by Gasteiger charge is -2.19. The minimum Gasteiger partial charge on any atom is -0.465 e. The first-order valence-electron chi connectivity index (χ1n) is 5.94. The van der Waals surface area contributed by atoms with Crippen molar-refractivity contribution in [2.45, 2.75) is 39.5 Å². The molecule has 0 aromatic heterocycles. The minimum absolute atomic E-state index is 0.398. The van der Waals surface area contributed by atoms with Gasteiger partial charge in [0.05, 0.1) is 0 Å². The molecule has 0 saturated heterocycles. The van der Waals surface area contributed by atoms with Crippen LogP contribution < -0.4 is 4.90 Å². The summed E-state index contributed by atoms with van der Waals surface area (Å²) in [4.78, 5) is 12.2. The highest BCUT2D eigenvalue weighted by Gasteiger charge is 2.13. The van der Waals surface area contributed by atoms with Crippen molar-refractivity contribution >= 4 is 11.8 Å². The molecule has 17 heavy (non-hydrogen) atoms. The average Bonchev–Trinajstić information content (AvgIpc) is 2.27. The number of amides is 1. The van der Waals surface area contributed by atoms with Gasteiger partial charge < -0.3 is 5.11 Å². The van der Waals surface area contributed by atoms with Gasteiger partial charge >= 0.3 is 6.09 Å². The van der Waals surface area contributed by atoms with Gasteiger partial charge in [-0.1, -0.05) is 33.8 Å². The fraction of sp³-hybridized carbons (Fsp3) is 0.500. The van der Waals surface area contributed by atoms with Gasteiger partial charge in [0, 0.05) is 12.7 Å². The fourth-order valence-electron chi connectivity index (χ4n) is 1.63. The van der Waals surface area contributed by atoms with Crippen molar-refractivity contribution in [3.63, 3.8) is 0 Å². The summed E-state index contributed by atoms with van der Waals surface area (Å²) < 4.78 is 0. The molecule has 1 aromatic rings. The maximum atomic E-state index is 11.0. The molecule has 1 amide bonds. The van der Waals surface area contributed by atoms with E-state index >= 15 is 0 Å². The summed E-state index contributed by atoms with van der Waals surface area (Å²) in [7, 11) is 1.58. The lowest BCUT2D eigenvalue weighted by molar-refractivity contribution is 0.203. The Morgan fingerprint density at radius 2 is 1.47 bits per heavy atom. The molecule has 3 heteroatoms. The normalized spacial score (nSPS) is 11.0. The smallest absolute Gasteiger partial charge is 0.411 e. The summed E-state index contributed by atoms with van der Waals surface area (Å²) in [5, 5.41) is 9.02. The number of carboxylic acid groups (broad SMARTS) is 1. The first kappa shape index (κ1) is 13.6. The summed E-state index contributed by atoms with van der Waals surface area (Å²) >= 11 is 0. The molecule has 0 bridgehead atoms. The SMILES string of the molecule is CC(C)c1cc(C(C)C)cc(N(C)C(=O)O)c1. The van der Waals surface area contributed by atoms with Crippen LogP contribution in [0.1, 0.15) is 50.7 Å². The standard InChI is InChI=1S/C14H21NO2/c1-9(2)11-6-12(10(3)4)8-13(7-11)15(5)14(16)17/h6-10H,1-5H3,(H,16,17). The van der Waals surface area contributed by atoms with Crippen molar-refractivity contribution in [3.8, 4) is 0 Å². The monoisotopic (exact) mass is 235 g/mol. The topological polar surface area (TPSA) is 40.5 Å². The molecular formula is C14H21NO2. The Hall–Kier alpha value is -1.51. The lowest BCUT2D eigenvalue weighted by Crippen LogP contribution is -2.24. The zero-order valence-electron chi connectivity index (χ0n) is 11.2. The van der Waals surface area contributed by atoms with Crippen molar-refractivity contribution in [2.24, 2.45) is 0 Å². The second kappa shape index (κ2) is 5.21. The Kier molecular flexibility index (Phi) is 4.16. The van der Waals surface area contributed by atoms with Crippen LogP contribution >= 0.6 is 0 Å². The largest absolute Gasteiger partial charge is 0.465 e. The summed E-state index contributed by atoms with van der Waals surface area (Å²) in [5.41, 5.74) is 3.10. The molecule has 0 saturated carbocycles. The first-order chi connectivity index (χ1) is 7.82. The molecule has 0 aliphatic carbocycles. The van der Waals surface area contributed by atoms with Crippen LogP contribution in [0.15, 0.2) is 18.2 Å². The number of nitrogens with zero attached hydrogens (tertiary/aromatic N) is 1. The molecule has 3 nitrogen and oxygen atoms in total. The predicted octanol–water partition coefficient (Wildman–Crippen LogP) is 4.05. The number of hydrogen-bond acceptors (Lipinski definition) is 1. The highest BCUT2D eigenvalue weighted by molar-refractivity contribution is 5.85. The number of benzene rings is 1. The fourth-order valence-corrected chi connectivity index (χ4v) is 1.63. The molecular weight excluding hydrogens is 214 g/mol. The Labute approximate surface area is 103 Å². The van der Waals surface area contributed by atoms with Crippen LogP contribution in [0.25, 0.3) is 0 Å². The van der Waals surface area contributed by atoms with Gasteiger partial charge in [-0.3, -0.25) is 4.90 Å². The van der Waals surface area contributed by atoms with E-state index in [9.17, 15) is 4.79 Å². The minimum atomic E-state index is -0.930. The number of anilines is 1. The first-order valence-corrected chi connectivity index (χ1v) is 5.94. The molecule has 1 rings (SSSR count). The van der Waals surface area contributed by atoms with Crippen LogP contribution in [0.4, 0.5) is 10.5 Å². The quantitative estimate of drug-likeness (QED) is 0.858. The van der Waals surface area contributed by atoms with E-state index in [1.54, 1.807) is 7.05 Å². The average molecular weight is 235 g/mol. The second-order valence-corrected chi connectivity index (χ2v) is 5.01. The predicted molar refractivity (Wildman–Crippen MR) is 71.0 cm³/mol. The van der Waals surface area contributed by atoms with E-state index in [0.717, 1.165) is 5.69 Å². The molecule has 94 valence electrons. The van der Waals surface area contributed by atoms with Crippen molar-refractivity contribution < 1.29 is 9.90 Å². The molecule has 1 aromatic carbocycles. The van der Waals surface area contributed by atoms with Gasteiger partial charge in [-0.25, -0.2) is 4.79 Å². The van der Waals surface area contributed by atoms with Gasteiger partial charge in [0.15, 0.2) is 0 Å². The maximum Gasteiger partial charge on any atom is 0.411 e. The molecule has 0 aliphatic rings. The van der Waals surface area contributed by atoms with Gasteiger partial charge in [-0.15, -0.1) is 0 Å². The van der Waals surface area contributed by atoms with E-state index in [-0.39, 0.29) is 0 Å². The Morgan fingerprint density at radius 3 is 1.76 bits per heavy atom. The molecule has 0 unspecified atom stereocenters. The summed E-state index contributed by atoms with van der Waals surface area (Å²) in [6, 6.07) is 6.06. The molecule has 0 aliphatic heterocycles. The third-order valence-electron chi connectivity index (χ3n) is 2.97. The zero-order chi connectivity index (χ0) is 13.2. The van der Waals surface area contributed by atoms with Crippen LogP contribution in [0.5, 0.6) is 0 Å². The van der Waals surface area contributed by atoms with E-state index in [0.29, 0.717) is 11.8 Å². The van der Waals surface area contributed by atoms with Crippen LogP contribution in [0, 0.1) is 0 Å². The van der Waals surface area contributed by atoms with Crippen LogP contribution in [-0.2, 0) is 0 Å². The number of rotatable bonds is 3. The Balaban J connectivity index is 3.26. The number of hydrogen-bond donors (Lipinski definition) is 1. The zero-order valence-corrected chi connectivity index (χ0v) is 11.2. The van der Waals surface area contributed by atoms with Crippen molar-refractivity contribution in [1.29, 1.82) is 0 Å². The van der Waals surface area contributed by atoms with Crippen LogP contribution in [0.3, 0.4) is 0 Å². The third-order valence-corrected chi connectivity index (χ3v) is 2.97. The summed E-state index contributed by atoms with van der Waals surface area (Å²) in [5.74, 6) is 0.796. The molecule has 0 radical (unpaired) electrons. The Morgan fingerprint density at radius 1 is 1.06 bits per heavy atom. The lowest BCUT2D eigenvalue weighted by atomic mass is 9.95. The highest BCUT2D eigenvalue weighted by atomic mass is 16.4. The molecule has 1 N–H and O–H groups in total. The summed E-state index contributed by atoms with van der Waals surface area (Å²) in [6.07, 6.45) is -0.930. The molecule has 0 spiro atoms. The van der Waals surface area contributed by atoms with Crippen molar-refractivity contribution in [1.82, 2.24) is 0 Å². The van der Waals surface area contributed by atoms with Crippen molar-refractivity contribution in [3.05, 3.63) is 29.3 Å². The van der Waals surface area contributed by atoms with Gasteiger partial charge in [-0.2, -0.15) is 0 Å². The van der Waals surface area contributed by atoms with Gasteiger partial charge in [-0.05, 0) is 35.1 Å². The van der Waals surface area contributed by atoms with E-state index in [1.165, 1.54) is 16.0 Å².